The summed E-state index contributed by atoms with van der Waals surface area (Å²) in [6.45, 7) is 1.80. The second kappa shape index (κ2) is 4.23. The average Bonchev–Trinajstić information content (AvgIpc) is 2.74. The first-order valence-electron chi connectivity index (χ1n) is 5.15. The van der Waals surface area contributed by atoms with E-state index in [4.69, 9.17) is 0 Å². The van der Waals surface area contributed by atoms with Crippen LogP contribution in [0.1, 0.15) is 19.0 Å². The number of aromatic nitrogens is 1. The number of alkyl halides is 2. The summed E-state index contributed by atoms with van der Waals surface area (Å²) < 4.78 is 49.9. The summed E-state index contributed by atoms with van der Waals surface area (Å²) in [7, 11) is -4.13. The van der Waals surface area contributed by atoms with Crippen LogP contribution in [-0.2, 0) is 21.2 Å². The smallest absolute Gasteiger partial charge is 0.273 e. The number of carbonyl (C=O) groups excluding carboxylic acids is 1. The van der Waals surface area contributed by atoms with E-state index in [1.165, 1.54) is 0 Å². The highest BCUT2D eigenvalue weighted by Crippen LogP contribution is 2.48. The fraction of sp³-hybridized carbons (Fsp3) is 0.556. The number of aryl methyl sites for hydroxylation is 1. The number of carbonyl (C=O) groups is 1. The van der Waals surface area contributed by atoms with E-state index in [9.17, 15) is 22.0 Å². The summed E-state index contributed by atoms with van der Waals surface area (Å²) in [5.41, 5.74) is 0.574. The SMILES string of the molecule is CCc1csc(S(=O)(=O)NC(=O)C2CC2(F)F)n1. The lowest BCUT2D eigenvalue weighted by molar-refractivity contribution is -0.122. The van der Waals surface area contributed by atoms with Crippen LogP contribution in [0.3, 0.4) is 0 Å². The van der Waals surface area contributed by atoms with E-state index in [1.807, 2.05) is 0 Å². The molecule has 1 fully saturated rings. The number of nitrogens with zero attached hydrogens (tertiary/aromatic N) is 1. The molecule has 1 amide bonds. The van der Waals surface area contributed by atoms with Gasteiger partial charge >= 0.3 is 0 Å². The molecule has 1 aromatic rings. The highest BCUT2D eigenvalue weighted by Gasteiger charge is 2.61. The second-order valence-corrected chi connectivity index (χ2v) is 6.66. The molecule has 9 heteroatoms. The van der Waals surface area contributed by atoms with Crippen molar-refractivity contribution in [3.8, 4) is 0 Å². The Balaban J connectivity index is 2.10. The molecule has 0 spiro atoms. The summed E-state index contributed by atoms with van der Waals surface area (Å²) in [4.78, 5) is 15.1. The minimum atomic E-state index is -4.13. The molecule has 1 N–H and O–H groups in total. The standard InChI is InChI=1S/C9H10F2N2O3S2/c1-2-5-4-17-8(12-5)18(15,16)13-7(14)6-3-9(6,10)11/h4,6H,2-3H2,1H3,(H,13,14). The second-order valence-electron chi connectivity index (χ2n) is 3.95. The minimum Gasteiger partial charge on any atom is -0.273 e. The monoisotopic (exact) mass is 296 g/mol. The van der Waals surface area contributed by atoms with Gasteiger partial charge in [-0.3, -0.25) is 4.79 Å². The zero-order valence-corrected chi connectivity index (χ0v) is 10.9. The Labute approximate surface area is 106 Å². The Morgan fingerprint density at radius 2 is 2.28 bits per heavy atom. The lowest BCUT2D eigenvalue weighted by atomic mass is 10.4. The fourth-order valence-corrected chi connectivity index (χ4v) is 3.45. The van der Waals surface area contributed by atoms with Crippen molar-refractivity contribution in [2.45, 2.75) is 30.0 Å². The highest BCUT2D eigenvalue weighted by molar-refractivity contribution is 7.92. The molecule has 2 rings (SSSR count). The van der Waals surface area contributed by atoms with Crippen molar-refractivity contribution >= 4 is 27.3 Å². The van der Waals surface area contributed by atoms with Crippen molar-refractivity contribution in [1.29, 1.82) is 0 Å². The molecular weight excluding hydrogens is 286 g/mol. The zero-order valence-electron chi connectivity index (χ0n) is 9.31. The molecule has 1 saturated carbocycles. The van der Waals surface area contributed by atoms with Gasteiger partial charge in [0.25, 0.3) is 15.9 Å². The van der Waals surface area contributed by atoms with Gasteiger partial charge in [-0.25, -0.2) is 18.5 Å². The number of hydrogen-bond donors (Lipinski definition) is 1. The van der Waals surface area contributed by atoms with E-state index in [0.29, 0.717) is 12.1 Å². The van der Waals surface area contributed by atoms with Crippen LogP contribution in [0, 0.1) is 5.92 Å². The van der Waals surface area contributed by atoms with E-state index in [1.54, 1.807) is 17.0 Å². The summed E-state index contributed by atoms with van der Waals surface area (Å²) in [5.74, 6) is -5.80. The normalized spacial score (nSPS) is 21.6. The van der Waals surface area contributed by atoms with Crippen LogP contribution in [0.5, 0.6) is 0 Å². The van der Waals surface area contributed by atoms with E-state index in [0.717, 1.165) is 11.3 Å². The molecule has 1 heterocycles. The Morgan fingerprint density at radius 1 is 1.67 bits per heavy atom. The quantitative estimate of drug-likeness (QED) is 0.904. The summed E-state index contributed by atoms with van der Waals surface area (Å²) in [6, 6.07) is 0. The fourth-order valence-electron chi connectivity index (χ4n) is 1.32. The van der Waals surface area contributed by atoms with Crippen LogP contribution in [0.4, 0.5) is 8.78 Å². The number of nitrogens with one attached hydrogen (secondary N) is 1. The molecule has 100 valence electrons. The molecule has 0 bridgehead atoms. The Kier molecular flexibility index (Phi) is 3.14. The van der Waals surface area contributed by atoms with Crippen LogP contribution in [0.25, 0.3) is 0 Å². The van der Waals surface area contributed by atoms with Crippen LogP contribution in [0.15, 0.2) is 9.72 Å². The molecule has 5 nitrogen and oxygen atoms in total. The highest BCUT2D eigenvalue weighted by atomic mass is 32.2. The topological polar surface area (TPSA) is 76.1 Å². The van der Waals surface area contributed by atoms with Gasteiger partial charge in [0.15, 0.2) is 0 Å². The van der Waals surface area contributed by atoms with Gasteiger partial charge in [-0.1, -0.05) is 6.92 Å². The molecule has 1 aliphatic carbocycles. The lowest BCUT2D eigenvalue weighted by Crippen LogP contribution is -2.33. The molecule has 1 aliphatic rings. The molecule has 1 atom stereocenters. The number of halogens is 2. The zero-order chi connectivity index (χ0) is 13.6. The summed E-state index contributed by atoms with van der Waals surface area (Å²) in [6.07, 6.45) is -0.0485. The van der Waals surface area contributed by atoms with Gasteiger partial charge in [0.1, 0.15) is 5.92 Å². The molecule has 18 heavy (non-hydrogen) atoms. The number of rotatable bonds is 4. The molecule has 0 saturated heterocycles. The number of hydrogen-bond acceptors (Lipinski definition) is 5. The number of amides is 1. The summed E-state index contributed by atoms with van der Waals surface area (Å²) in [5, 5.41) is 1.55. The van der Waals surface area contributed by atoms with Crippen molar-refractivity contribution in [1.82, 2.24) is 9.71 Å². The average molecular weight is 296 g/mol. The van der Waals surface area contributed by atoms with E-state index >= 15 is 0 Å². The van der Waals surface area contributed by atoms with Crippen LogP contribution < -0.4 is 4.72 Å². The molecule has 0 radical (unpaired) electrons. The Bertz CT molecular complexity index is 582. The van der Waals surface area contributed by atoms with Gasteiger partial charge in [0.05, 0.1) is 5.69 Å². The van der Waals surface area contributed by atoms with Gasteiger partial charge in [-0.05, 0) is 6.42 Å². The first kappa shape index (κ1) is 13.3. The van der Waals surface area contributed by atoms with Crippen molar-refractivity contribution in [2.75, 3.05) is 0 Å². The van der Waals surface area contributed by atoms with Crippen molar-refractivity contribution in [3.63, 3.8) is 0 Å². The predicted octanol–water partition coefficient (Wildman–Crippen LogP) is 1.17. The number of sulfonamides is 1. The van der Waals surface area contributed by atoms with Crippen molar-refractivity contribution in [3.05, 3.63) is 11.1 Å². The van der Waals surface area contributed by atoms with Gasteiger partial charge in [-0.2, -0.15) is 8.42 Å². The van der Waals surface area contributed by atoms with E-state index in [-0.39, 0.29) is 4.34 Å². The van der Waals surface area contributed by atoms with Gasteiger partial charge < -0.3 is 0 Å². The largest absolute Gasteiger partial charge is 0.291 e. The van der Waals surface area contributed by atoms with Gasteiger partial charge in [0.2, 0.25) is 10.2 Å². The maximum Gasteiger partial charge on any atom is 0.291 e. The van der Waals surface area contributed by atoms with Crippen LogP contribution >= 0.6 is 11.3 Å². The lowest BCUT2D eigenvalue weighted by Gasteiger charge is -2.03. The maximum absolute atomic E-state index is 12.6. The van der Waals surface area contributed by atoms with Gasteiger partial charge in [0, 0.05) is 11.8 Å². The van der Waals surface area contributed by atoms with Gasteiger partial charge in [-0.15, -0.1) is 11.3 Å². The van der Waals surface area contributed by atoms with E-state index < -0.39 is 34.2 Å². The number of thiazole rings is 1. The predicted molar refractivity (Wildman–Crippen MR) is 59.9 cm³/mol. The van der Waals surface area contributed by atoms with Crippen molar-refractivity contribution in [2.24, 2.45) is 5.92 Å². The molecule has 1 aromatic heterocycles. The minimum absolute atomic E-state index is 0.281. The third kappa shape index (κ3) is 2.51. The van der Waals surface area contributed by atoms with Crippen LogP contribution in [0.2, 0.25) is 0 Å². The third-order valence-corrected chi connectivity index (χ3v) is 5.15. The van der Waals surface area contributed by atoms with Crippen LogP contribution in [-0.4, -0.2) is 25.2 Å². The molecule has 0 aromatic carbocycles. The maximum atomic E-state index is 12.6. The Hall–Kier alpha value is -1.09. The van der Waals surface area contributed by atoms with E-state index in [2.05, 4.69) is 4.98 Å². The molecular formula is C9H10F2N2O3S2. The first-order chi connectivity index (χ1) is 8.26. The molecule has 0 aliphatic heterocycles. The molecule has 1 unspecified atom stereocenters. The van der Waals surface area contributed by atoms with Crippen molar-refractivity contribution < 1.29 is 22.0 Å². The summed E-state index contributed by atoms with van der Waals surface area (Å²) >= 11 is 0.854. The third-order valence-electron chi connectivity index (χ3n) is 2.50. The first-order valence-corrected chi connectivity index (χ1v) is 7.51. The Morgan fingerprint density at radius 3 is 2.72 bits per heavy atom.